The molecule has 9 unspecified atom stereocenters. The molecule has 14 nitrogen and oxygen atoms in total. The number of rotatable bonds is 11. The lowest BCUT2D eigenvalue weighted by molar-refractivity contribution is -0.332. The van der Waals surface area contributed by atoms with Crippen LogP contribution in [0.15, 0.2) is 0 Å². The minimum atomic E-state index is -1.75. The van der Waals surface area contributed by atoms with Crippen molar-refractivity contribution < 1.29 is 53.6 Å². The van der Waals surface area contributed by atoms with Gasteiger partial charge in [0.25, 0.3) is 0 Å². The van der Waals surface area contributed by atoms with Gasteiger partial charge in [0.2, 0.25) is 0 Å². The third-order valence-electron chi connectivity index (χ3n) is 12.7. The van der Waals surface area contributed by atoms with E-state index < -0.39 is 89.9 Å². The quantitative estimate of drug-likeness (QED) is 0.133. The van der Waals surface area contributed by atoms with Crippen molar-refractivity contribution in [2.24, 2.45) is 17.8 Å². The van der Waals surface area contributed by atoms with Crippen molar-refractivity contribution in [2.45, 2.75) is 192 Å². The molecule has 6 N–H and O–H groups in total. The molecule has 0 aromatic heterocycles. The largest absolute Gasteiger partial charge is 0.459 e. The molecule has 0 spiro atoms. The zero-order valence-corrected chi connectivity index (χ0v) is 35.5. The summed E-state index contributed by atoms with van der Waals surface area (Å²) in [6.45, 7) is 20.1. The molecule has 3 heterocycles. The van der Waals surface area contributed by atoms with Gasteiger partial charge in [0.15, 0.2) is 12.6 Å². The molecule has 318 valence electrons. The van der Waals surface area contributed by atoms with Crippen LogP contribution in [-0.4, -0.2) is 156 Å². The topological polar surface area (TPSA) is 181 Å². The molecular formula is C40H77N3O11. The molecule has 14 heteroatoms. The van der Waals surface area contributed by atoms with Gasteiger partial charge >= 0.3 is 5.97 Å². The Morgan fingerprint density at radius 1 is 1.00 bits per heavy atom. The van der Waals surface area contributed by atoms with Crippen molar-refractivity contribution in [2.75, 3.05) is 40.8 Å². The maximum atomic E-state index is 14.2. The minimum Gasteiger partial charge on any atom is -0.459 e. The third kappa shape index (κ3) is 10.9. The van der Waals surface area contributed by atoms with Crippen LogP contribution in [0, 0.1) is 17.8 Å². The average molecular weight is 776 g/mol. The highest BCUT2D eigenvalue weighted by atomic mass is 16.7. The van der Waals surface area contributed by atoms with Crippen molar-refractivity contribution in [3.05, 3.63) is 0 Å². The molecule has 17 atom stereocenters. The monoisotopic (exact) mass is 776 g/mol. The molecule has 3 aliphatic heterocycles. The van der Waals surface area contributed by atoms with Crippen LogP contribution in [-0.2, 0) is 33.2 Å². The Bertz CT molecular complexity index is 1150. The molecule has 0 aliphatic carbocycles. The van der Waals surface area contributed by atoms with Crippen LogP contribution in [0.2, 0.25) is 0 Å². The Morgan fingerprint density at radius 3 is 2.26 bits per heavy atom. The lowest BCUT2D eigenvalue weighted by Gasteiger charge is -2.53. The number of carbonyl (C=O) groups excluding carboxylic acids is 1. The van der Waals surface area contributed by atoms with E-state index in [0.29, 0.717) is 25.8 Å². The lowest BCUT2D eigenvalue weighted by atomic mass is 9.75. The van der Waals surface area contributed by atoms with E-state index in [0.717, 1.165) is 13.0 Å². The van der Waals surface area contributed by atoms with Gasteiger partial charge in [0.1, 0.15) is 35.1 Å². The van der Waals surface area contributed by atoms with Crippen LogP contribution in [0.4, 0.5) is 0 Å². The number of nitrogens with zero attached hydrogens (tertiary/aromatic N) is 1. The molecule has 0 aromatic rings. The van der Waals surface area contributed by atoms with Gasteiger partial charge in [-0.2, -0.15) is 0 Å². The Kier molecular flexibility index (Phi) is 17.6. The Hall–Kier alpha value is -1.01. The lowest BCUT2D eigenvalue weighted by Crippen LogP contribution is -2.70. The number of cyclic esters (lactones) is 1. The highest BCUT2D eigenvalue weighted by Crippen LogP contribution is 2.42. The summed E-state index contributed by atoms with van der Waals surface area (Å²) < 4.78 is 38.4. The second-order valence-corrected chi connectivity index (χ2v) is 17.3. The third-order valence-corrected chi connectivity index (χ3v) is 12.7. The Morgan fingerprint density at radius 2 is 1.67 bits per heavy atom. The molecule has 0 aromatic carbocycles. The van der Waals surface area contributed by atoms with Gasteiger partial charge < -0.3 is 64.4 Å². The van der Waals surface area contributed by atoms with Gasteiger partial charge in [-0.15, -0.1) is 0 Å². The van der Waals surface area contributed by atoms with Crippen LogP contribution in [0.25, 0.3) is 0 Å². The molecule has 3 fully saturated rings. The molecule has 0 bridgehead atoms. The van der Waals surface area contributed by atoms with E-state index in [9.17, 15) is 25.2 Å². The van der Waals surface area contributed by atoms with E-state index in [-0.39, 0.29) is 37.5 Å². The first-order valence-corrected chi connectivity index (χ1v) is 20.5. The summed E-state index contributed by atoms with van der Waals surface area (Å²) in [6, 6.07) is -0.673. The molecular weight excluding hydrogens is 698 g/mol. The highest BCUT2D eigenvalue weighted by molar-refractivity contribution is 5.73. The molecule has 0 amide bonds. The summed E-state index contributed by atoms with van der Waals surface area (Å²) in [6.07, 6.45) is -3.98. The smallest absolute Gasteiger partial charge is 0.311 e. The summed E-state index contributed by atoms with van der Waals surface area (Å²) >= 11 is 0. The molecule has 3 saturated heterocycles. The van der Waals surface area contributed by atoms with Crippen molar-refractivity contribution in [3.63, 3.8) is 0 Å². The van der Waals surface area contributed by atoms with Crippen LogP contribution >= 0.6 is 0 Å². The summed E-state index contributed by atoms with van der Waals surface area (Å²) in [4.78, 5) is 16.2. The van der Waals surface area contributed by atoms with Gasteiger partial charge in [-0.25, -0.2) is 0 Å². The van der Waals surface area contributed by atoms with E-state index in [4.69, 9.17) is 28.4 Å². The molecule has 54 heavy (non-hydrogen) atoms. The maximum Gasteiger partial charge on any atom is 0.311 e. The number of esters is 1. The van der Waals surface area contributed by atoms with E-state index in [1.165, 1.54) is 6.92 Å². The molecule has 3 aliphatic rings. The predicted octanol–water partition coefficient (Wildman–Crippen LogP) is 2.57. The van der Waals surface area contributed by atoms with Crippen molar-refractivity contribution in [3.8, 4) is 0 Å². The zero-order chi connectivity index (χ0) is 40.8. The first kappa shape index (κ1) is 47.4. The first-order valence-electron chi connectivity index (χ1n) is 20.5. The zero-order valence-electron chi connectivity index (χ0n) is 35.5. The van der Waals surface area contributed by atoms with Gasteiger partial charge in [-0.05, 0) is 107 Å². The Balaban J connectivity index is 2.07. The summed E-state index contributed by atoms with van der Waals surface area (Å²) in [5, 5.41) is 53.1. The number of ether oxygens (including phenoxy) is 6. The van der Waals surface area contributed by atoms with Gasteiger partial charge in [-0.3, -0.25) is 4.79 Å². The minimum absolute atomic E-state index is 0.138. The van der Waals surface area contributed by atoms with Gasteiger partial charge in [0, 0.05) is 38.1 Å². The van der Waals surface area contributed by atoms with Crippen LogP contribution in [0.5, 0.6) is 0 Å². The molecule has 0 radical (unpaired) electrons. The number of likely N-dealkylation sites (N-methyl/N-ethyl adjacent to an activating group) is 1. The maximum absolute atomic E-state index is 14.2. The predicted molar refractivity (Wildman–Crippen MR) is 206 cm³/mol. The fraction of sp³-hybridized carbons (Fsp3) is 0.975. The fourth-order valence-corrected chi connectivity index (χ4v) is 8.55. The summed E-state index contributed by atoms with van der Waals surface area (Å²) in [5.41, 5.74) is -4.20. The van der Waals surface area contributed by atoms with Crippen molar-refractivity contribution in [1.29, 1.82) is 0 Å². The Labute approximate surface area is 325 Å². The highest BCUT2D eigenvalue weighted by Gasteiger charge is 2.58. The number of hydrogen-bond donors (Lipinski definition) is 6. The van der Waals surface area contributed by atoms with Crippen molar-refractivity contribution >= 4 is 5.97 Å². The normalized spacial score (nSPS) is 46.4. The number of carbonyl (C=O) groups is 1. The first-order chi connectivity index (χ1) is 25.2. The second kappa shape index (κ2) is 20.1. The van der Waals surface area contributed by atoms with E-state index in [2.05, 4.69) is 24.5 Å². The summed E-state index contributed by atoms with van der Waals surface area (Å²) in [5.74, 6) is -1.83. The average Bonchev–Trinajstić information content (AvgIpc) is 3.12. The second-order valence-electron chi connectivity index (χ2n) is 17.3. The van der Waals surface area contributed by atoms with Crippen LogP contribution in [0.1, 0.15) is 108 Å². The number of hydrogen-bond acceptors (Lipinski definition) is 14. The molecule has 0 saturated carbocycles. The number of methoxy groups -OCH3 is 1. The fourth-order valence-electron chi connectivity index (χ4n) is 8.55. The van der Waals surface area contributed by atoms with E-state index >= 15 is 0 Å². The molecule has 3 rings (SSSR count). The van der Waals surface area contributed by atoms with Crippen LogP contribution in [0.3, 0.4) is 0 Å². The number of nitrogens with one attached hydrogen (secondary N) is 2. The van der Waals surface area contributed by atoms with Crippen molar-refractivity contribution in [1.82, 2.24) is 15.5 Å². The van der Waals surface area contributed by atoms with Gasteiger partial charge in [0.05, 0.1) is 30.3 Å². The summed E-state index contributed by atoms with van der Waals surface area (Å²) in [7, 11) is 5.43. The SMILES string of the molecule is CCCNC[C@]1(O)C(C)OC(OC2C(C)C(=O)OC(CC)[C@@](C)(O)[C@H](O)[C@@H](C)NC[C@H](C)CC[C@H](OC3OC(C)CC(N(C)C)[C@H]3O)C2C)C[C@@]1(C)OC. The van der Waals surface area contributed by atoms with Gasteiger partial charge in [-0.1, -0.05) is 27.7 Å². The van der Waals surface area contributed by atoms with E-state index in [1.54, 1.807) is 27.9 Å². The number of aliphatic hydroxyl groups excluding tert-OH is 2. The van der Waals surface area contributed by atoms with Crippen LogP contribution < -0.4 is 10.6 Å². The number of aliphatic hydroxyl groups is 4. The standard InChI is InChI=1S/C40H77N3O11/c1-14-18-41-22-40(48)28(8)51-32(20-38(40,9)49-13)54-34-25(5)30(52-37-33(44)29(43(11)12)19-24(4)50-37)17-16-23(3)21-42-27(7)35(45)39(10,47)31(15-2)53-36(46)26(34)6/h23-35,37,41-42,44-45,47-48H,14-22H2,1-13H3/t23-,24?,25?,26?,27-,28?,29?,30+,31?,32?,33-,34?,35-,37?,38-,39-,40+/m1/s1. The van der Waals surface area contributed by atoms with E-state index in [1.807, 2.05) is 46.7 Å².